The second-order valence-corrected chi connectivity index (χ2v) is 4.34. The van der Waals surface area contributed by atoms with Crippen LogP contribution in [0, 0.1) is 0 Å². The van der Waals surface area contributed by atoms with Crippen molar-refractivity contribution in [3.63, 3.8) is 0 Å². The van der Waals surface area contributed by atoms with E-state index in [-0.39, 0.29) is 24.4 Å². The Hall–Kier alpha value is -1.88. The molecule has 1 fully saturated rings. The first kappa shape index (κ1) is 12.6. The smallest absolute Gasteiger partial charge is 0.249 e. The predicted octanol–water partition coefficient (Wildman–Crippen LogP) is 0.209. The summed E-state index contributed by atoms with van der Waals surface area (Å²) >= 11 is 0. The average Bonchev–Trinajstić information content (AvgIpc) is 2.80. The van der Waals surface area contributed by atoms with Crippen LogP contribution in [0.25, 0.3) is 0 Å². The van der Waals surface area contributed by atoms with Crippen molar-refractivity contribution in [1.82, 2.24) is 4.90 Å². The van der Waals surface area contributed by atoms with E-state index < -0.39 is 0 Å². The first-order valence-corrected chi connectivity index (χ1v) is 5.97. The highest BCUT2D eigenvalue weighted by Crippen LogP contribution is 2.23. The Morgan fingerprint density at radius 2 is 2.11 bits per heavy atom. The molecule has 0 aromatic heterocycles. The van der Waals surface area contributed by atoms with Gasteiger partial charge in [-0.05, 0) is 18.6 Å². The van der Waals surface area contributed by atoms with Crippen molar-refractivity contribution < 1.29 is 9.59 Å². The normalized spacial score (nSPS) is 19.1. The van der Waals surface area contributed by atoms with Gasteiger partial charge in [-0.25, -0.2) is 0 Å². The average molecular weight is 247 g/mol. The molecule has 1 aromatic rings. The Bertz CT molecular complexity index is 447. The summed E-state index contributed by atoms with van der Waals surface area (Å²) in [5.74, 6) is -0.242. The number of rotatable bonds is 3. The van der Waals surface area contributed by atoms with Crippen LogP contribution in [-0.4, -0.2) is 42.9 Å². The fourth-order valence-corrected chi connectivity index (χ4v) is 2.21. The number of benzene rings is 1. The van der Waals surface area contributed by atoms with Gasteiger partial charge in [-0.3, -0.25) is 9.59 Å². The number of carbonyl (C=O) groups is 2. The molecule has 1 aromatic carbocycles. The first-order valence-electron chi connectivity index (χ1n) is 5.97. The van der Waals surface area contributed by atoms with Gasteiger partial charge in [0.2, 0.25) is 11.8 Å². The number of hydrogen-bond acceptors (Lipinski definition) is 3. The third kappa shape index (κ3) is 2.22. The van der Waals surface area contributed by atoms with Crippen LogP contribution in [0.2, 0.25) is 0 Å². The van der Waals surface area contributed by atoms with Gasteiger partial charge < -0.3 is 15.5 Å². The van der Waals surface area contributed by atoms with E-state index in [1.807, 2.05) is 30.3 Å². The van der Waals surface area contributed by atoms with Crippen molar-refractivity contribution in [2.75, 3.05) is 25.0 Å². The highest BCUT2D eigenvalue weighted by molar-refractivity contribution is 6.01. The van der Waals surface area contributed by atoms with Crippen LogP contribution < -0.4 is 10.6 Å². The second-order valence-electron chi connectivity index (χ2n) is 4.34. The van der Waals surface area contributed by atoms with Crippen molar-refractivity contribution in [1.29, 1.82) is 0 Å². The molecule has 5 heteroatoms. The van der Waals surface area contributed by atoms with E-state index >= 15 is 0 Å². The van der Waals surface area contributed by atoms with Crippen LogP contribution in [0.15, 0.2) is 30.3 Å². The number of para-hydroxylation sites is 1. The zero-order valence-corrected chi connectivity index (χ0v) is 10.4. The van der Waals surface area contributed by atoms with Crippen LogP contribution in [0.1, 0.15) is 6.42 Å². The third-order valence-corrected chi connectivity index (χ3v) is 3.28. The zero-order valence-electron chi connectivity index (χ0n) is 10.4. The van der Waals surface area contributed by atoms with Gasteiger partial charge in [0.25, 0.3) is 0 Å². The van der Waals surface area contributed by atoms with E-state index in [1.165, 1.54) is 4.90 Å². The van der Waals surface area contributed by atoms with Gasteiger partial charge in [-0.2, -0.15) is 0 Å². The molecule has 1 unspecified atom stereocenters. The van der Waals surface area contributed by atoms with E-state index in [1.54, 1.807) is 11.9 Å². The number of likely N-dealkylation sites (N-methyl/N-ethyl adjacent to an activating group) is 1. The van der Waals surface area contributed by atoms with Crippen LogP contribution >= 0.6 is 0 Å². The molecule has 0 bridgehead atoms. The molecule has 1 atom stereocenters. The molecule has 1 aliphatic heterocycles. The van der Waals surface area contributed by atoms with Crippen LogP contribution in [0.4, 0.5) is 5.69 Å². The summed E-state index contributed by atoms with van der Waals surface area (Å²) in [4.78, 5) is 26.9. The quantitative estimate of drug-likeness (QED) is 0.830. The molecule has 0 spiro atoms. The number of anilines is 1. The number of carbonyl (C=O) groups excluding carboxylic acids is 2. The highest BCUT2D eigenvalue weighted by atomic mass is 16.2. The molecule has 2 N–H and O–H groups in total. The maximum Gasteiger partial charge on any atom is 0.249 e. The standard InChI is InChI=1S/C13H17N3O2/c1-15(12(17)9-14)11-7-8-16(13(11)18)10-5-3-2-4-6-10/h2-6,11H,7-9,14H2,1H3. The van der Waals surface area contributed by atoms with Gasteiger partial charge in [0.1, 0.15) is 6.04 Å². The molecule has 96 valence electrons. The summed E-state index contributed by atoms with van der Waals surface area (Å²) in [5.41, 5.74) is 6.19. The lowest BCUT2D eigenvalue weighted by Gasteiger charge is -2.23. The highest BCUT2D eigenvalue weighted by Gasteiger charge is 2.36. The molecule has 5 nitrogen and oxygen atoms in total. The molecule has 18 heavy (non-hydrogen) atoms. The molecule has 0 radical (unpaired) electrons. The predicted molar refractivity (Wildman–Crippen MR) is 69.0 cm³/mol. The van der Waals surface area contributed by atoms with E-state index in [2.05, 4.69) is 0 Å². The Labute approximate surface area is 106 Å². The number of amides is 2. The van der Waals surface area contributed by atoms with Gasteiger partial charge in [0, 0.05) is 19.3 Å². The molecule has 1 heterocycles. The lowest BCUT2D eigenvalue weighted by Crippen LogP contribution is -2.45. The van der Waals surface area contributed by atoms with Crippen LogP contribution in [-0.2, 0) is 9.59 Å². The molecule has 0 saturated carbocycles. The summed E-state index contributed by atoms with van der Waals surface area (Å²) in [7, 11) is 1.63. The summed E-state index contributed by atoms with van der Waals surface area (Å²) in [6.45, 7) is 0.571. The molecule has 2 amide bonds. The van der Waals surface area contributed by atoms with Gasteiger partial charge in [0.15, 0.2) is 0 Å². The largest absolute Gasteiger partial charge is 0.333 e. The summed E-state index contributed by atoms with van der Waals surface area (Å²) in [6.07, 6.45) is 0.649. The van der Waals surface area contributed by atoms with Crippen molar-refractivity contribution in [2.24, 2.45) is 5.73 Å². The molecule has 1 aliphatic rings. The minimum Gasteiger partial charge on any atom is -0.333 e. The number of nitrogens with two attached hydrogens (primary N) is 1. The van der Waals surface area contributed by atoms with Crippen molar-refractivity contribution in [3.05, 3.63) is 30.3 Å². The topological polar surface area (TPSA) is 66.6 Å². The number of nitrogens with zero attached hydrogens (tertiary/aromatic N) is 2. The van der Waals surface area contributed by atoms with E-state index in [0.717, 1.165) is 5.69 Å². The first-order chi connectivity index (χ1) is 8.65. The van der Waals surface area contributed by atoms with Gasteiger partial charge in [-0.15, -0.1) is 0 Å². The van der Waals surface area contributed by atoms with E-state index in [0.29, 0.717) is 13.0 Å². The summed E-state index contributed by atoms with van der Waals surface area (Å²) in [5, 5.41) is 0. The monoisotopic (exact) mass is 247 g/mol. The third-order valence-electron chi connectivity index (χ3n) is 3.28. The molecular formula is C13H17N3O2. The number of hydrogen-bond donors (Lipinski definition) is 1. The Morgan fingerprint density at radius 1 is 1.44 bits per heavy atom. The van der Waals surface area contributed by atoms with Crippen molar-refractivity contribution in [2.45, 2.75) is 12.5 Å². The SMILES string of the molecule is CN(C(=O)CN)C1CCN(c2ccccc2)C1=O. The Morgan fingerprint density at radius 3 is 2.72 bits per heavy atom. The fraction of sp³-hybridized carbons (Fsp3) is 0.385. The minimum absolute atomic E-state index is 0.0366. The van der Waals surface area contributed by atoms with E-state index in [4.69, 9.17) is 5.73 Å². The summed E-state index contributed by atoms with van der Waals surface area (Å²) in [6, 6.07) is 9.10. The molecule has 1 saturated heterocycles. The maximum absolute atomic E-state index is 12.3. The molecule has 2 rings (SSSR count). The Kier molecular flexibility index (Phi) is 3.62. The minimum atomic E-state index is -0.388. The zero-order chi connectivity index (χ0) is 13.1. The van der Waals surface area contributed by atoms with Gasteiger partial charge in [0.05, 0.1) is 6.54 Å². The van der Waals surface area contributed by atoms with Gasteiger partial charge >= 0.3 is 0 Å². The van der Waals surface area contributed by atoms with Crippen LogP contribution in [0.3, 0.4) is 0 Å². The maximum atomic E-state index is 12.3. The lowest BCUT2D eigenvalue weighted by molar-refractivity contribution is -0.135. The summed E-state index contributed by atoms with van der Waals surface area (Å²) < 4.78 is 0. The van der Waals surface area contributed by atoms with Crippen molar-refractivity contribution in [3.8, 4) is 0 Å². The van der Waals surface area contributed by atoms with Crippen molar-refractivity contribution >= 4 is 17.5 Å². The molecule has 0 aliphatic carbocycles. The van der Waals surface area contributed by atoms with Gasteiger partial charge in [-0.1, -0.05) is 18.2 Å². The Balaban J connectivity index is 2.13. The lowest BCUT2D eigenvalue weighted by atomic mass is 10.2. The second kappa shape index (κ2) is 5.18. The fourth-order valence-electron chi connectivity index (χ4n) is 2.21. The van der Waals surface area contributed by atoms with Crippen LogP contribution in [0.5, 0.6) is 0 Å². The molecular weight excluding hydrogens is 230 g/mol. The van der Waals surface area contributed by atoms with E-state index in [9.17, 15) is 9.59 Å².